The molecule has 1 aliphatic carbocycles. The van der Waals surface area contributed by atoms with E-state index >= 15 is 0 Å². The first-order valence-corrected chi connectivity index (χ1v) is 6.10. The first kappa shape index (κ1) is 12.4. The van der Waals surface area contributed by atoms with Crippen LogP contribution in [0.15, 0.2) is 18.2 Å². The molecule has 17 heavy (non-hydrogen) atoms. The highest BCUT2D eigenvalue weighted by molar-refractivity contribution is 5.38. The van der Waals surface area contributed by atoms with Gasteiger partial charge in [0.05, 0.1) is 18.3 Å². The molecule has 2 rings (SSSR count). The van der Waals surface area contributed by atoms with E-state index in [4.69, 9.17) is 4.74 Å². The summed E-state index contributed by atoms with van der Waals surface area (Å²) < 4.78 is 19.0. The zero-order valence-corrected chi connectivity index (χ0v) is 10.4. The summed E-state index contributed by atoms with van der Waals surface area (Å²) in [6.45, 7) is 1.66. The van der Waals surface area contributed by atoms with Crippen molar-refractivity contribution in [3.8, 4) is 5.75 Å². The van der Waals surface area contributed by atoms with Gasteiger partial charge in [0.1, 0.15) is 11.6 Å². The molecule has 1 fully saturated rings. The number of methoxy groups -OCH3 is 1. The number of rotatable bonds is 5. The van der Waals surface area contributed by atoms with E-state index in [1.165, 1.54) is 26.0 Å². The lowest BCUT2D eigenvalue weighted by Crippen LogP contribution is -2.23. The first-order valence-electron chi connectivity index (χ1n) is 6.10. The minimum atomic E-state index is -1.15. The Morgan fingerprint density at radius 1 is 1.47 bits per heavy atom. The maximum absolute atomic E-state index is 13.8. The molecule has 1 unspecified atom stereocenters. The molecule has 0 aliphatic heterocycles. The van der Waals surface area contributed by atoms with Crippen molar-refractivity contribution in [3.05, 3.63) is 29.6 Å². The Morgan fingerprint density at radius 2 is 2.18 bits per heavy atom. The van der Waals surface area contributed by atoms with Crippen molar-refractivity contribution in [1.82, 2.24) is 0 Å². The van der Waals surface area contributed by atoms with Crippen molar-refractivity contribution in [2.75, 3.05) is 7.11 Å². The van der Waals surface area contributed by atoms with Crippen LogP contribution >= 0.6 is 0 Å². The molecule has 94 valence electrons. The number of aliphatic hydroxyl groups is 1. The molecule has 0 amide bonds. The topological polar surface area (TPSA) is 29.5 Å². The van der Waals surface area contributed by atoms with Crippen LogP contribution in [0.5, 0.6) is 5.75 Å². The van der Waals surface area contributed by atoms with Crippen LogP contribution in [0.25, 0.3) is 0 Å². The van der Waals surface area contributed by atoms with Crippen LogP contribution in [-0.4, -0.2) is 12.2 Å². The maximum atomic E-state index is 13.8. The van der Waals surface area contributed by atoms with Crippen molar-refractivity contribution in [3.63, 3.8) is 0 Å². The molecule has 1 atom stereocenters. The standard InChI is InChI=1S/C14H19FO2/c1-14(16,9-8-10-6-7-10)13-11(15)4-3-5-12(13)17-2/h3-5,10,16H,6-9H2,1-2H3. The Labute approximate surface area is 101 Å². The fourth-order valence-electron chi connectivity index (χ4n) is 2.21. The average Bonchev–Trinajstić information content (AvgIpc) is 3.09. The van der Waals surface area contributed by atoms with E-state index in [1.807, 2.05) is 0 Å². The molecule has 1 saturated carbocycles. The minimum Gasteiger partial charge on any atom is -0.496 e. The molecule has 1 N–H and O–H groups in total. The van der Waals surface area contributed by atoms with Gasteiger partial charge in [-0.25, -0.2) is 4.39 Å². The van der Waals surface area contributed by atoms with Gasteiger partial charge in [0.15, 0.2) is 0 Å². The second-order valence-electron chi connectivity index (χ2n) is 5.07. The molecule has 0 spiro atoms. The van der Waals surface area contributed by atoms with Gasteiger partial charge < -0.3 is 9.84 Å². The molecule has 0 saturated heterocycles. The highest BCUT2D eigenvalue weighted by atomic mass is 19.1. The smallest absolute Gasteiger partial charge is 0.133 e. The summed E-state index contributed by atoms with van der Waals surface area (Å²) in [7, 11) is 1.50. The highest BCUT2D eigenvalue weighted by Gasteiger charge is 2.32. The lowest BCUT2D eigenvalue weighted by Gasteiger charge is -2.26. The van der Waals surface area contributed by atoms with Crippen LogP contribution in [0, 0.1) is 11.7 Å². The fraction of sp³-hybridized carbons (Fsp3) is 0.571. The fourth-order valence-corrected chi connectivity index (χ4v) is 2.21. The van der Waals surface area contributed by atoms with E-state index in [2.05, 4.69) is 0 Å². The number of halogens is 1. The maximum Gasteiger partial charge on any atom is 0.133 e. The van der Waals surface area contributed by atoms with E-state index in [1.54, 1.807) is 19.1 Å². The summed E-state index contributed by atoms with van der Waals surface area (Å²) in [5.74, 6) is 0.746. The second-order valence-corrected chi connectivity index (χ2v) is 5.07. The number of ether oxygens (including phenoxy) is 1. The van der Waals surface area contributed by atoms with Gasteiger partial charge in [-0.05, 0) is 37.8 Å². The van der Waals surface area contributed by atoms with Crippen molar-refractivity contribution in [1.29, 1.82) is 0 Å². The summed E-state index contributed by atoms with van der Waals surface area (Å²) in [6.07, 6.45) is 4.01. The molecule has 2 nitrogen and oxygen atoms in total. The molecule has 1 aliphatic rings. The van der Waals surface area contributed by atoms with Crippen molar-refractivity contribution >= 4 is 0 Å². The molecule has 0 aromatic heterocycles. The largest absolute Gasteiger partial charge is 0.496 e. The van der Waals surface area contributed by atoms with Crippen LogP contribution in [0.3, 0.4) is 0 Å². The van der Waals surface area contributed by atoms with E-state index in [0.717, 1.165) is 12.3 Å². The summed E-state index contributed by atoms with van der Waals surface area (Å²) in [5.41, 5.74) is -0.873. The van der Waals surface area contributed by atoms with Gasteiger partial charge in [0.25, 0.3) is 0 Å². The van der Waals surface area contributed by atoms with E-state index in [0.29, 0.717) is 12.2 Å². The zero-order chi connectivity index (χ0) is 12.5. The lowest BCUT2D eigenvalue weighted by atomic mass is 9.89. The van der Waals surface area contributed by atoms with E-state index in [9.17, 15) is 9.50 Å². The van der Waals surface area contributed by atoms with Gasteiger partial charge in [-0.2, -0.15) is 0 Å². The Kier molecular flexibility index (Phi) is 3.38. The molecule has 0 bridgehead atoms. The van der Waals surface area contributed by atoms with Gasteiger partial charge >= 0.3 is 0 Å². The Hall–Kier alpha value is -1.09. The first-order chi connectivity index (χ1) is 8.04. The predicted molar refractivity (Wildman–Crippen MR) is 64.5 cm³/mol. The third-order valence-electron chi connectivity index (χ3n) is 3.47. The molecule has 0 radical (unpaired) electrons. The predicted octanol–water partition coefficient (Wildman–Crippen LogP) is 3.23. The Bertz CT molecular complexity index is 397. The third-order valence-corrected chi connectivity index (χ3v) is 3.47. The van der Waals surface area contributed by atoms with Gasteiger partial charge in [0, 0.05) is 0 Å². The van der Waals surface area contributed by atoms with E-state index < -0.39 is 11.4 Å². The second kappa shape index (κ2) is 4.65. The van der Waals surface area contributed by atoms with Crippen molar-refractivity contribution < 1.29 is 14.2 Å². The van der Waals surface area contributed by atoms with Gasteiger partial charge in [0.2, 0.25) is 0 Å². The Morgan fingerprint density at radius 3 is 2.76 bits per heavy atom. The van der Waals surface area contributed by atoms with Gasteiger partial charge in [-0.3, -0.25) is 0 Å². The van der Waals surface area contributed by atoms with Gasteiger partial charge in [-0.1, -0.05) is 18.9 Å². The molecule has 0 heterocycles. The normalized spacial score (nSPS) is 18.8. The van der Waals surface area contributed by atoms with Crippen LogP contribution in [0.1, 0.15) is 38.2 Å². The lowest BCUT2D eigenvalue weighted by molar-refractivity contribution is 0.0377. The zero-order valence-electron chi connectivity index (χ0n) is 10.4. The van der Waals surface area contributed by atoms with Crippen molar-refractivity contribution in [2.45, 2.75) is 38.2 Å². The average molecular weight is 238 g/mol. The number of hydrogen-bond acceptors (Lipinski definition) is 2. The third kappa shape index (κ3) is 2.78. The molecule has 3 heteroatoms. The molecule has 1 aromatic rings. The summed E-state index contributed by atoms with van der Waals surface area (Å²) in [4.78, 5) is 0. The van der Waals surface area contributed by atoms with E-state index in [-0.39, 0.29) is 5.56 Å². The van der Waals surface area contributed by atoms with Crippen LogP contribution in [0.2, 0.25) is 0 Å². The quantitative estimate of drug-likeness (QED) is 0.853. The van der Waals surface area contributed by atoms with Crippen LogP contribution in [0.4, 0.5) is 4.39 Å². The van der Waals surface area contributed by atoms with Crippen LogP contribution in [-0.2, 0) is 5.60 Å². The number of hydrogen-bond donors (Lipinski definition) is 1. The number of benzene rings is 1. The molecular formula is C14H19FO2. The van der Waals surface area contributed by atoms with Crippen molar-refractivity contribution in [2.24, 2.45) is 5.92 Å². The minimum absolute atomic E-state index is 0.281. The summed E-state index contributed by atoms with van der Waals surface area (Å²) in [6, 6.07) is 4.64. The Balaban J connectivity index is 2.22. The SMILES string of the molecule is COc1cccc(F)c1C(C)(O)CCC1CC1. The van der Waals surface area contributed by atoms with Crippen LogP contribution < -0.4 is 4.74 Å². The summed E-state index contributed by atoms with van der Waals surface area (Å²) in [5, 5.41) is 10.4. The van der Waals surface area contributed by atoms with Gasteiger partial charge in [-0.15, -0.1) is 0 Å². The molecule has 1 aromatic carbocycles. The summed E-state index contributed by atoms with van der Waals surface area (Å²) >= 11 is 0. The monoisotopic (exact) mass is 238 g/mol. The highest BCUT2D eigenvalue weighted by Crippen LogP contribution is 2.40. The molecular weight excluding hydrogens is 219 g/mol.